The van der Waals surface area contributed by atoms with Gasteiger partial charge in [0.2, 0.25) is 0 Å². The largest absolute Gasteiger partial charge is 0.444 e. The molecular formula is C16H22ClN3O2. The Morgan fingerprint density at radius 1 is 1.27 bits per heavy atom. The average molecular weight is 324 g/mol. The molecule has 22 heavy (non-hydrogen) atoms. The Labute approximate surface area is 135 Å². The smallest absolute Gasteiger partial charge is 0.408 e. The maximum Gasteiger partial charge on any atom is 0.408 e. The molecule has 5 nitrogen and oxygen atoms in total. The van der Waals surface area contributed by atoms with Crippen LogP contribution < -0.4 is 5.32 Å². The van der Waals surface area contributed by atoms with Crippen LogP contribution >= 0.6 is 11.6 Å². The number of benzene rings is 1. The van der Waals surface area contributed by atoms with E-state index in [2.05, 4.69) is 10.4 Å². The summed E-state index contributed by atoms with van der Waals surface area (Å²) in [6.45, 7) is 9.26. The van der Waals surface area contributed by atoms with E-state index in [1.165, 1.54) is 0 Å². The monoisotopic (exact) mass is 323 g/mol. The van der Waals surface area contributed by atoms with Gasteiger partial charge in [-0.2, -0.15) is 5.10 Å². The molecule has 6 heteroatoms. The number of para-hydroxylation sites is 1. The molecule has 0 aliphatic carbocycles. The molecule has 120 valence electrons. The zero-order chi connectivity index (χ0) is 16.7. The van der Waals surface area contributed by atoms with Gasteiger partial charge in [-0.15, -0.1) is 0 Å². The van der Waals surface area contributed by atoms with E-state index in [-0.39, 0.29) is 0 Å². The fourth-order valence-corrected chi connectivity index (χ4v) is 2.67. The molecule has 0 spiro atoms. The molecule has 2 aromatic rings. The van der Waals surface area contributed by atoms with Crippen molar-refractivity contribution < 1.29 is 9.53 Å². The molecule has 0 atom stereocenters. The topological polar surface area (TPSA) is 56.2 Å². The predicted octanol–water partition coefficient (Wildman–Crippen LogP) is 3.99. The number of carbonyl (C=O) groups is 1. The Balaban J connectivity index is 2.38. The van der Waals surface area contributed by atoms with Gasteiger partial charge in [-0.25, -0.2) is 4.79 Å². The lowest BCUT2D eigenvalue weighted by Gasteiger charge is -2.27. The molecule has 0 radical (unpaired) electrons. The Bertz CT molecular complexity index is 714. The Hall–Kier alpha value is -1.75. The number of aryl methyl sites for hydroxylation is 1. The Morgan fingerprint density at radius 3 is 2.50 bits per heavy atom. The molecule has 0 bridgehead atoms. The van der Waals surface area contributed by atoms with Crippen LogP contribution in [0.4, 0.5) is 4.79 Å². The molecule has 0 aliphatic heterocycles. The van der Waals surface area contributed by atoms with Crippen molar-refractivity contribution >= 4 is 28.6 Å². The molecule has 0 saturated heterocycles. The van der Waals surface area contributed by atoms with E-state index in [4.69, 9.17) is 16.3 Å². The van der Waals surface area contributed by atoms with Crippen molar-refractivity contribution in [1.82, 2.24) is 15.1 Å². The van der Waals surface area contributed by atoms with Crippen LogP contribution in [0.5, 0.6) is 0 Å². The van der Waals surface area contributed by atoms with Crippen LogP contribution in [0.3, 0.4) is 0 Å². The second kappa shape index (κ2) is 5.47. The van der Waals surface area contributed by atoms with Gasteiger partial charge in [0, 0.05) is 12.4 Å². The van der Waals surface area contributed by atoms with Crippen LogP contribution in [-0.4, -0.2) is 21.5 Å². The molecule has 1 aromatic heterocycles. The van der Waals surface area contributed by atoms with Gasteiger partial charge in [-0.3, -0.25) is 4.68 Å². The van der Waals surface area contributed by atoms with Gasteiger partial charge >= 0.3 is 6.09 Å². The number of hydrogen-bond acceptors (Lipinski definition) is 3. The predicted molar refractivity (Wildman–Crippen MR) is 88.1 cm³/mol. The summed E-state index contributed by atoms with van der Waals surface area (Å²) in [5.74, 6) is 0. The summed E-state index contributed by atoms with van der Waals surface area (Å²) in [6, 6.07) is 5.64. The van der Waals surface area contributed by atoms with Crippen LogP contribution in [0, 0.1) is 0 Å². The molecule has 0 aliphatic rings. The fourth-order valence-electron chi connectivity index (χ4n) is 2.37. The summed E-state index contributed by atoms with van der Waals surface area (Å²) in [5, 5.41) is 8.95. The highest BCUT2D eigenvalue weighted by Crippen LogP contribution is 2.31. The van der Waals surface area contributed by atoms with Crippen molar-refractivity contribution in [1.29, 1.82) is 0 Å². The van der Waals surface area contributed by atoms with Crippen LogP contribution in [0.25, 0.3) is 10.9 Å². The van der Waals surface area contributed by atoms with Gasteiger partial charge in [-0.1, -0.05) is 23.7 Å². The Kier molecular flexibility index (Phi) is 4.13. The number of nitrogens with one attached hydrogen (secondary N) is 1. The quantitative estimate of drug-likeness (QED) is 0.909. The van der Waals surface area contributed by atoms with Gasteiger partial charge in [-0.05, 0) is 40.7 Å². The number of alkyl carbamates (subject to hydrolysis) is 1. The third-order valence-electron chi connectivity index (χ3n) is 3.22. The molecule has 2 rings (SSSR count). The highest BCUT2D eigenvalue weighted by Gasteiger charge is 2.31. The maximum absolute atomic E-state index is 12.1. The molecule has 0 saturated carbocycles. The summed E-state index contributed by atoms with van der Waals surface area (Å²) >= 11 is 6.25. The average Bonchev–Trinajstić information content (AvgIpc) is 2.65. The molecule has 1 N–H and O–H groups in total. The standard InChI is InChI=1S/C16H22ClN3O2/c1-15(2,3)22-14(21)18-16(4,5)13-10-8-7-9-11(17)12(10)20(6)19-13/h7-9H,1-6H3,(H,18,21). The number of aromatic nitrogens is 2. The summed E-state index contributed by atoms with van der Waals surface area (Å²) in [4.78, 5) is 12.1. The number of fused-ring (bicyclic) bond motifs is 1. The van der Waals surface area contributed by atoms with E-state index in [9.17, 15) is 4.79 Å². The summed E-state index contributed by atoms with van der Waals surface area (Å²) in [7, 11) is 1.83. The molecule has 1 amide bonds. The van der Waals surface area contributed by atoms with Crippen molar-refractivity contribution in [2.75, 3.05) is 0 Å². The number of halogens is 1. The van der Waals surface area contributed by atoms with E-state index in [0.717, 1.165) is 16.6 Å². The van der Waals surface area contributed by atoms with Crippen molar-refractivity contribution in [3.63, 3.8) is 0 Å². The van der Waals surface area contributed by atoms with Crippen LogP contribution in [-0.2, 0) is 17.3 Å². The van der Waals surface area contributed by atoms with Crippen molar-refractivity contribution in [2.45, 2.75) is 45.8 Å². The second-order valence-electron chi connectivity index (χ2n) is 6.86. The minimum Gasteiger partial charge on any atom is -0.444 e. The number of ether oxygens (including phenoxy) is 1. The van der Waals surface area contributed by atoms with Crippen molar-refractivity contribution in [3.05, 3.63) is 28.9 Å². The van der Waals surface area contributed by atoms with Gasteiger partial charge in [0.15, 0.2) is 0 Å². The minimum absolute atomic E-state index is 0.474. The zero-order valence-corrected chi connectivity index (χ0v) is 14.6. The van der Waals surface area contributed by atoms with E-state index < -0.39 is 17.2 Å². The first kappa shape index (κ1) is 16.6. The molecule has 1 aromatic carbocycles. The van der Waals surface area contributed by atoms with Gasteiger partial charge < -0.3 is 10.1 Å². The summed E-state index contributed by atoms with van der Waals surface area (Å²) in [5.41, 5.74) is 0.360. The number of rotatable bonds is 2. The normalized spacial score (nSPS) is 12.5. The minimum atomic E-state index is -0.688. The number of amides is 1. The molecule has 0 fully saturated rings. The number of hydrogen-bond donors (Lipinski definition) is 1. The molecule has 1 heterocycles. The maximum atomic E-state index is 12.1. The zero-order valence-electron chi connectivity index (χ0n) is 13.8. The number of nitrogens with zero attached hydrogens (tertiary/aromatic N) is 2. The van der Waals surface area contributed by atoms with Gasteiger partial charge in [0.25, 0.3) is 0 Å². The third-order valence-corrected chi connectivity index (χ3v) is 3.53. The second-order valence-corrected chi connectivity index (χ2v) is 7.27. The lowest BCUT2D eigenvalue weighted by atomic mass is 9.97. The van der Waals surface area contributed by atoms with Crippen LogP contribution in [0.15, 0.2) is 18.2 Å². The summed E-state index contributed by atoms with van der Waals surface area (Å²) in [6.07, 6.45) is -0.474. The lowest BCUT2D eigenvalue weighted by molar-refractivity contribution is 0.0469. The summed E-state index contributed by atoms with van der Waals surface area (Å²) < 4.78 is 7.05. The van der Waals surface area contributed by atoms with Gasteiger partial charge in [0.1, 0.15) is 5.60 Å². The molecular weight excluding hydrogens is 302 g/mol. The van der Waals surface area contributed by atoms with E-state index in [1.54, 1.807) is 4.68 Å². The van der Waals surface area contributed by atoms with E-state index in [1.807, 2.05) is 59.9 Å². The Morgan fingerprint density at radius 2 is 1.91 bits per heavy atom. The first-order valence-electron chi connectivity index (χ1n) is 7.14. The fraction of sp³-hybridized carbons (Fsp3) is 0.500. The first-order chi connectivity index (χ1) is 10.0. The SMILES string of the molecule is Cn1nc(C(C)(C)NC(=O)OC(C)(C)C)c2cccc(Cl)c21. The third kappa shape index (κ3) is 3.35. The molecule has 0 unspecified atom stereocenters. The lowest BCUT2D eigenvalue weighted by Crippen LogP contribution is -2.44. The highest BCUT2D eigenvalue weighted by atomic mass is 35.5. The van der Waals surface area contributed by atoms with Crippen molar-refractivity contribution in [3.8, 4) is 0 Å². The highest BCUT2D eigenvalue weighted by molar-refractivity contribution is 6.35. The van der Waals surface area contributed by atoms with E-state index in [0.29, 0.717) is 5.02 Å². The van der Waals surface area contributed by atoms with Crippen molar-refractivity contribution in [2.24, 2.45) is 7.05 Å². The van der Waals surface area contributed by atoms with Gasteiger partial charge in [0.05, 0.1) is 21.8 Å². The number of carbonyl (C=O) groups excluding carboxylic acids is 1. The van der Waals surface area contributed by atoms with Crippen LogP contribution in [0.2, 0.25) is 5.02 Å². The first-order valence-corrected chi connectivity index (χ1v) is 7.52. The van der Waals surface area contributed by atoms with E-state index >= 15 is 0 Å². The van der Waals surface area contributed by atoms with Crippen LogP contribution in [0.1, 0.15) is 40.3 Å².